The van der Waals surface area contributed by atoms with E-state index < -0.39 is 14.4 Å². The van der Waals surface area contributed by atoms with Gasteiger partial charge in [0.2, 0.25) is 0 Å². The number of hydrogen-bond acceptors (Lipinski definition) is 5. The van der Waals surface area contributed by atoms with Crippen molar-refractivity contribution in [1.82, 2.24) is 4.90 Å². The van der Waals surface area contributed by atoms with Crippen LogP contribution < -0.4 is 4.74 Å². The van der Waals surface area contributed by atoms with E-state index >= 15 is 0 Å². The molecule has 6 nitrogen and oxygen atoms in total. The van der Waals surface area contributed by atoms with Crippen LogP contribution in [-0.2, 0) is 9.22 Å². The number of fused-ring (bicyclic) bond motifs is 1. The summed E-state index contributed by atoms with van der Waals surface area (Å²) in [5.41, 5.74) is 0.814. The van der Waals surface area contributed by atoms with Crippen molar-refractivity contribution >= 4 is 26.1 Å². The first-order chi connectivity index (χ1) is 16.0. The van der Waals surface area contributed by atoms with E-state index in [1.165, 1.54) is 4.90 Å². The maximum Gasteiger partial charge on any atom is 0.311 e. The normalized spacial score (nSPS) is 15.0. The van der Waals surface area contributed by atoms with E-state index in [0.29, 0.717) is 23.3 Å². The molecule has 180 valence electrons. The van der Waals surface area contributed by atoms with Gasteiger partial charge in [0.15, 0.2) is 8.32 Å². The molecule has 0 spiro atoms. The molecule has 0 bridgehead atoms. The van der Waals surface area contributed by atoms with Gasteiger partial charge >= 0.3 is 5.97 Å². The fourth-order valence-electron chi connectivity index (χ4n) is 3.36. The molecule has 0 saturated heterocycles. The van der Waals surface area contributed by atoms with Gasteiger partial charge < -0.3 is 9.16 Å². The third-order valence-corrected chi connectivity index (χ3v) is 10.9. The summed E-state index contributed by atoms with van der Waals surface area (Å²) in [7, 11) is -2.11. The molecule has 0 aliphatic carbocycles. The number of benzene rings is 2. The molecule has 2 amide bonds. The Morgan fingerprint density at radius 2 is 1.53 bits per heavy atom. The van der Waals surface area contributed by atoms with Crippen LogP contribution >= 0.6 is 0 Å². The highest BCUT2D eigenvalue weighted by Gasteiger charge is 2.42. The predicted molar refractivity (Wildman–Crippen MR) is 134 cm³/mol. The second-order valence-electron chi connectivity index (χ2n) is 9.92. The summed E-state index contributed by atoms with van der Waals surface area (Å²) < 4.78 is 11.7. The lowest BCUT2D eigenvalue weighted by Crippen LogP contribution is -2.47. The van der Waals surface area contributed by atoms with Crippen molar-refractivity contribution < 1.29 is 23.5 Å². The fraction of sp³-hybridized carbons (Fsp3) is 0.370. The highest BCUT2D eigenvalue weighted by molar-refractivity contribution is 6.74. The van der Waals surface area contributed by atoms with Gasteiger partial charge in [0.25, 0.3) is 11.8 Å². The summed E-state index contributed by atoms with van der Waals surface area (Å²) in [5, 5.41) is -0.00947. The van der Waals surface area contributed by atoms with Crippen LogP contribution in [0.1, 0.15) is 54.3 Å². The number of ether oxygens (including phenoxy) is 1. The Hall–Kier alpha value is -3.03. The molecule has 2 aromatic rings. The highest BCUT2D eigenvalue weighted by atomic mass is 28.4. The molecule has 1 aliphatic heterocycles. The molecule has 1 aliphatic rings. The van der Waals surface area contributed by atoms with E-state index in [1.807, 2.05) is 12.1 Å². The number of rotatable bonds is 9. The van der Waals surface area contributed by atoms with Crippen LogP contribution in [0.25, 0.3) is 0 Å². The van der Waals surface area contributed by atoms with Gasteiger partial charge in [0.05, 0.1) is 23.8 Å². The van der Waals surface area contributed by atoms with Crippen LogP contribution in [-0.4, -0.2) is 43.6 Å². The summed E-state index contributed by atoms with van der Waals surface area (Å²) in [6.45, 7) is 10.9. The van der Waals surface area contributed by atoms with E-state index in [-0.39, 0.29) is 35.8 Å². The topological polar surface area (TPSA) is 72.9 Å². The monoisotopic (exact) mass is 479 g/mol. The molecule has 7 heteroatoms. The minimum Gasteiger partial charge on any atom is -0.427 e. The minimum atomic E-state index is -2.11. The van der Waals surface area contributed by atoms with Crippen molar-refractivity contribution in [2.75, 3.05) is 6.61 Å². The van der Waals surface area contributed by atoms with Gasteiger partial charge in [-0.3, -0.25) is 19.3 Å². The lowest BCUT2D eigenvalue weighted by molar-refractivity contribution is -0.134. The van der Waals surface area contributed by atoms with E-state index in [2.05, 4.69) is 33.9 Å². The first-order valence-electron chi connectivity index (χ1n) is 11.5. The Balaban J connectivity index is 1.71. The van der Waals surface area contributed by atoms with Crippen molar-refractivity contribution in [3.63, 3.8) is 0 Å². The number of amides is 2. The summed E-state index contributed by atoms with van der Waals surface area (Å²) in [6, 6.07) is 15.2. The van der Waals surface area contributed by atoms with Gasteiger partial charge in [0.1, 0.15) is 5.75 Å². The molecular formula is C27H33NO5Si. The first-order valence-corrected chi connectivity index (χ1v) is 14.5. The largest absolute Gasteiger partial charge is 0.427 e. The van der Waals surface area contributed by atoms with Crippen LogP contribution in [0.3, 0.4) is 0 Å². The third kappa shape index (κ3) is 5.90. The van der Waals surface area contributed by atoms with E-state index in [9.17, 15) is 14.4 Å². The van der Waals surface area contributed by atoms with Crippen molar-refractivity contribution in [1.29, 1.82) is 0 Å². The molecule has 0 radical (unpaired) electrons. The lowest BCUT2D eigenvalue weighted by atomic mass is 10.1. The summed E-state index contributed by atoms with van der Waals surface area (Å²) >= 11 is 0. The summed E-state index contributed by atoms with van der Waals surface area (Å²) in [5.74, 6) is -0.482. The Bertz CT molecular complexity index is 1040. The zero-order chi connectivity index (χ0) is 24.9. The van der Waals surface area contributed by atoms with Crippen molar-refractivity contribution in [3.05, 3.63) is 77.9 Å². The van der Waals surface area contributed by atoms with Crippen molar-refractivity contribution in [2.45, 2.75) is 57.8 Å². The maximum atomic E-state index is 13.1. The maximum absolute atomic E-state index is 13.1. The molecule has 0 unspecified atom stereocenters. The van der Waals surface area contributed by atoms with Crippen LogP contribution in [0.15, 0.2) is 66.7 Å². The summed E-state index contributed by atoms with van der Waals surface area (Å²) in [6.07, 6.45) is 4.22. The Labute approximate surface area is 202 Å². The molecule has 1 heterocycles. The molecule has 0 aromatic heterocycles. The van der Waals surface area contributed by atoms with E-state index in [4.69, 9.17) is 9.16 Å². The Morgan fingerprint density at radius 1 is 0.971 bits per heavy atom. The average Bonchev–Trinajstić information content (AvgIpc) is 3.04. The zero-order valence-electron chi connectivity index (χ0n) is 20.5. The van der Waals surface area contributed by atoms with Gasteiger partial charge in [-0.2, -0.15) is 0 Å². The van der Waals surface area contributed by atoms with Gasteiger partial charge in [0, 0.05) is 6.42 Å². The second kappa shape index (κ2) is 10.5. The first kappa shape index (κ1) is 25.6. The molecule has 0 saturated carbocycles. The standard InChI is InChI=1S/C27H33NO5Si/c1-27(2,3)34(4,5)32-19-20(28-25(30)22-16-10-11-17-23(22)26(28)31)13-9-12-18-24(29)33-21-14-7-6-8-15-21/h6-11,13-17,20H,12,18-19H2,1-5H3/t20-/m1/s1. The zero-order valence-corrected chi connectivity index (χ0v) is 21.5. The van der Waals surface area contributed by atoms with Crippen LogP contribution in [0.2, 0.25) is 18.1 Å². The van der Waals surface area contributed by atoms with Crippen LogP contribution in [0.5, 0.6) is 5.75 Å². The number of esters is 1. The number of nitrogens with zero attached hydrogens (tertiary/aromatic N) is 1. The van der Waals surface area contributed by atoms with Gasteiger partial charge in [-0.1, -0.05) is 63.3 Å². The number of allylic oxidation sites excluding steroid dienone is 1. The Kier molecular flexibility index (Phi) is 7.89. The number of para-hydroxylation sites is 1. The fourth-order valence-corrected chi connectivity index (χ4v) is 4.38. The number of hydrogen-bond donors (Lipinski definition) is 0. The quantitative estimate of drug-likeness (QED) is 0.154. The SMILES string of the molecule is CC(C)(C)[Si](C)(C)OC[C@@H](C=CCCC(=O)Oc1ccccc1)N1C(=O)c2ccccc2C1=O. The minimum absolute atomic E-state index is 0.00947. The average molecular weight is 480 g/mol. The van der Waals surface area contributed by atoms with Gasteiger partial charge in [-0.25, -0.2) is 0 Å². The molecule has 3 rings (SSSR count). The van der Waals surface area contributed by atoms with Crippen LogP contribution in [0, 0.1) is 0 Å². The summed E-state index contributed by atoms with van der Waals surface area (Å²) in [4.78, 5) is 39.5. The molecule has 1 atom stereocenters. The van der Waals surface area contributed by atoms with E-state index in [0.717, 1.165) is 0 Å². The second-order valence-corrected chi connectivity index (χ2v) is 14.7. The lowest BCUT2D eigenvalue weighted by Gasteiger charge is -2.38. The number of carbonyl (C=O) groups excluding carboxylic acids is 3. The van der Waals surface area contributed by atoms with Crippen LogP contribution in [0.4, 0.5) is 0 Å². The number of imide groups is 1. The number of carbonyl (C=O) groups is 3. The smallest absolute Gasteiger partial charge is 0.311 e. The molecule has 34 heavy (non-hydrogen) atoms. The van der Waals surface area contributed by atoms with Gasteiger partial charge in [-0.05, 0) is 48.8 Å². The third-order valence-electron chi connectivity index (χ3n) is 6.43. The highest BCUT2D eigenvalue weighted by Crippen LogP contribution is 2.37. The van der Waals surface area contributed by atoms with Crippen molar-refractivity contribution in [2.24, 2.45) is 0 Å². The molecule has 0 N–H and O–H groups in total. The molecule has 0 fully saturated rings. The molecule has 2 aromatic carbocycles. The van der Waals surface area contributed by atoms with E-state index in [1.54, 1.807) is 54.6 Å². The predicted octanol–water partition coefficient (Wildman–Crippen LogP) is 5.62. The Morgan fingerprint density at radius 3 is 2.09 bits per heavy atom. The van der Waals surface area contributed by atoms with Gasteiger partial charge in [-0.15, -0.1) is 0 Å². The molecular weight excluding hydrogens is 446 g/mol. The van der Waals surface area contributed by atoms with Crippen molar-refractivity contribution in [3.8, 4) is 5.75 Å².